The second kappa shape index (κ2) is 8.71. The molecule has 0 saturated heterocycles. The first-order valence-electron chi connectivity index (χ1n) is 10.2. The SMILES string of the molecule is Cc1nc2ccccn2c(=O)c1-c1ccc(N[C@H](C)CC(=N)C(=O)OC(C)(C)C)cc1. The van der Waals surface area contributed by atoms with Crippen LogP contribution >= 0.6 is 0 Å². The molecule has 0 radical (unpaired) electrons. The number of anilines is 1. The maximum absolute atomic E-state index is 12.9. The van der Waals surface area contributed by atoms with Gasteiger partial charge in [-0.1, -0.05) is 18.2 Å². The topological polar surface area (TPSA) is 96.5 Å². The standard InChI is InChI=1S/C24H28N4O3/c1-15(14-19(25)23(30)31-24(3,4)5)26-18-11-9-17(10-12-18)21-16(2)27-20-8-6-7-13-28(20)22(21)29/h6-13,15,25-26H,14H2,1-5H3/t15-/m1/s1. The molecule has 0 spiro atoms. The van der Waals surface area contributed by atoms with E-state index in [1.54, 1.807) is 43.5 Å². The quantitative estimate of drug-likeness (QED) is 0.460. The summed E-state index contributed by atoms with van der Waals surface area (Å²) in [5.41, 5.74) is 2.68. The summed E-state index contributed by atoms with van der Waals surface area (Å²) in [7, 11) is 0. The van der Waals surface area contributed by atoms with Crippen molar-refractivity contribution in [2.24, 2.45) is 0 Å². The van der Waals surface area contributed by atoms with Crippen molar-refractivity contribution in [2.75, 3.05) is 5.32 Å². The molecule has 0 aliphatic rings. The van der Waals surface area contributed by atoms with Crippen LogP contribution in [-0.2, 0) is 9.53 Å². The normalized spacial score (nSPS) is 12.4. The molecule has 0 unspecified atom stereocenters. The highest BCUT2D eigenvalue weighted by atomic mass is 16.6. The second-order valence-corrected chi connectivity index (χ2v) is 8.61. The summed E-state index contributed by atoms with van der Waals surface area (Å²) in [6.45, 7) is 9.07. The van der Waals surface area contributed by atoms with Crippen molar-refractivity contribution in [3.8, 4) is 11.1 Å². The molecule has 0 amide bonds. The molecule has 0 saturated carbocycles. The fourth-order valence-corrected chi connectivity index (χ4v) is 3.33. The molecule has 7 nitrogen and oxygen atoms in total. The van der Waals surface area contributed by atoms with Gasteiger partial charge in [-0.3, -0.25) is 14.6 Å². The van der Waals surface area contributed by atoms with E-state index in [1.807, 2.05) is 44.2 Å². The number of benzene rings is 1. The number of carbonyl (C=O) groups is 1. The highest BCUT2D eigenvalue weighted by Gasteiger charge is 2.21. The number of rotatable bonds is 6. The fourth-order valence-electron chi connectivity index (χ4n) is 3.33. The number of aromatic nitrogens is 2. The summed E-state index contributed by atoms with van der Waals surface area (Å²) >= 11 is 0. The molecule has 0 aliphatic carbocycles. The van der Waals surface area contributed by atoms with E-state index in [0.29, 0.717) is 16.9 Å². The molecular weight excluding hydrogens is 392 g/mol. The summed E-state index contributed by atoms with van der Waals surface area (Å²) in [5, 5.41) is 11.3. The molecule has 1 atom stereocenters. The van der Waals surface area contributed by atoms with E-state index in [9.17, 15) is 9.59 Å². The molecule has 7 heteroatoms. The Morgan fingerprint density at radius 1 is 1.19 bits per heavy atom. The van der Waals surface area contributed by atoms with E-state index in [4.69, 9.17) is 10.1 Å². The van der Waals surface area contributed by atoms with Crippen LogP contribution in [0.2, 0.25) is 0 Å². The number of esters is 1. The zero-order chi connectivity index (χ0) is 22.8. The summed E-state index contributed by atoms with van der Waals surface area (Å²) < 4.78 is 6.78. The minimum absolute atomic E-state index is 0.0718. The monoisotopic (exact) mass is 420 g/mol. The Labute approximate surface area is 181 Å². The number of carbonyl (C=O) groups excluding carboxylic acids is 1. The van der Waals surface area contributed by atoms with Crippen LogP contribution in [0.5, 0.6) is 0 Å². The largest absolute Gasteiger partial charge is 0.456 e. The first-order valence-corrected chi connectivity index (χ1v) is 10.2. The molecule has 2 N–H and O–H groups in total. The molecule has 1 aromatic carbocycles. The minimum Gasteiger partial charge on any atom is -0.456 e. The molecule has 2 aromatic heterocycles. The number of hydrogen-bond acceptors (Lipinski definition) is 6. The first kappa shape index (κ1) is 22.2. The van der Waals surface area contributed by atoms with Gasteiger partial charge in [0, 0.05) is 24.3 Å². The van der Waals surface area contributed by atoms with Crippen molar-refractivity contribution in [1.29, 1.82) is 5.41 Å². The lowest BCUT2D eigenvalue weighted by Gasteiger charge is -2.21. The molecule has 0 fully saturated rings. The zero-order valence-electron chi connectivity index (χ0n) is 18.5. The lowest BCUT2D eigenvalue weighted by atomic mass is 10.0. The Balaban J connectivity index is 1.73. The van der Waals surface area contributed by atoms with Gasteiger partial charge in [-0.15, -0.1) is 0 Å². The Bertz CT molecular complexity index is 1170. The Morgan fingerprint density at radius 2 is 1.87 bits per heavy atom. The van der Waals surface area contributed by atoms with E-state index in [2.05, 4.69) is 10.3 Å². The minimum atomic E-state index is -0.621. The van der Waals surface area contributed by atoms with Gasteiger partial charge in [-0.05, 0) is 64.4 Å². The smallest absolute Gasteiger partial charge is 0.352 e. The Morgan fingerprint density at radius 3 is 2.52 bits per heavy atom. The van der Waals surface area contributed by atoms with Gasteiger partial charge in [0.15, 0.2) is 0 Å². The molecule has 162 valence electrons. The van der Waals surface area contributed by atoms with Gasteiger partial charge < -0.3 is 10.1 Å². The lowest BCUT2D eigenvalue weighted by molar-refractivity contribution is -0.146. The average Bonchev–Trinajstić information content (AvgIpc) is 2.68. The molecule has 0 aliphatic heterocycles. The van der Waals surface area contributed by atoms with Crippen molar-refractivity contribution in [3.63, 3.8) is 0 Å². The third kappa shape index (κ3) is 5.36. The van der Waals surface area contributed by atoms with Gasteiger partial charge >= 0.3 is 5.97 Å². The molecular formula is C24H28N4O3. The predicted molar refractivity (Wildman–Crippen MR) is 123 cm³/mol. The van der Waals surface area contributed by atoms with Gasteiger partial charge in [0.05, 0.1) is 11.3 Å². The van der Waals surface area contributed by atoms with E-state index in [1.165, 1.54) is 0 Å². The van der Waals surface area contributed by atoms with Gasteiger partial charge in [0.2, 0.25) is 0 Å². The van der Waals surface area contributed by atoms with Crippen molar-refractivity contribution in [3.05, 3.63) is 64.7 Å². The number of ether oxygens (including phenoxy) is 1. The lowest BCUT2D eigenvalue weighted by Crippen LogP contribution is -2.31. The van der Waals surface area contributed by atoms with Crippen LogP contribution in [0.1, 0.15) is 39.8 Å². The van der Waals surface area contributed by atoms with Gasteiger partial charge in [0.1, 0.15) is 17.0 Å². The maximum atomic E-state index is 12.9. The van der Waals surface area contributed by atoms with Crippen LogP contribution in [0.3, 0.4) is 0 Å². The van der Waals surface area contributed by atoms with Crippen molar-refractivity contribution < 1.29 is 9.53 Å². The molecule has 31 heavy (non-hydrogen) atoms. The highest BCUT2D eigenvalue weighted by molar-refractivity contribution is 6.35. The number of nitrogens with zero attached hydrogens (tertiary/aromatic N) is 2. The van der Waals surface area contributed by atoms with Gasteiger partial charge in [-0.2, -0.15) is 0 Å². The van der Waals surface area contributed by atoms with E-state index < -0.39 is 11.6 Å². The molecule has 3 rings (SSSR count). The average molecular weight is 421 g/mol. The van der Waals surface area contributed by atoms with E-state index in [0.717, 1.165) is 11.3 Å². The summed E-state index contributed by atoms with van der Waals surface area (Å²) in [5.74, 6) is -0.601. The number of pyridine rings is 1. The fraction of sp³-hybridized carbons (Fsp3) is 0.333. The van der Waals surface area contributed by atoms with E-state index in [-0.39, 0.29) is 23.7 Å². The van der Waals surface area contributed by atoms with E-state index >= 15 is 0 Å². The van der Waals surface area contributed by atoms with Crippen LogP contribution in [0.4, 0.5) is 5.69 Å². The second-order valence-electron chi connectivity index (χ2n) is 8.61. The molecule has 2 heterocycles. The Kier molecular flexibility index (Phi) is 6.24. The third-order valence-electron chi connectivity index (χ3n) is 4.66. The first-order chi connectivity index (χ1) is 14.5. The predicted octanol–water partition coefficient (Wildman–Crippen LogP) is 4.22. The van der Waals surface area contributed by atoms with Crippen molar-refractivity contribution in [2.45, 2.75) is 52.7 Å². The van der Waals surface area contributed by atoms with Gasteiger partial charge in [-0.25, -0.2) is 9.78 Å². The van der Waals surface area contributed by atoms with Crippen LogP contribution in [-0.4, -0.2) is 32.7 Å². The zero-order valence-corrected chi connectivity index (χ0v) is 18.5. The summed E-state index contributed by atoms with van der Waals surface area (Å²) in [6.07, 6.45) is 1.95. The maximum Gasteiger partial charge on any atom is 0.352 e. The molecule has 0 bridgehead atoms. The number of nitrogens with one attached hydrogen (secondary N) is 2. The van der Waals surface area contributed by atoms with Crippen LogP contribution in [0, 0.1) is 12.3 Å². The highest BCUT2D eigenvalue weighted by Crippen LogP contribution is 2.22. The summed E-state index contributed by atoms with van der Waals surface area (Å²) in [4.78, 5) is 29.5. The van der Waals surface area contributed by atoms with Crippen LogP contribution in [0.25, 0.3) is 16.8 Å². The van der Waals surface area contributed by atoms with Crippen molar-refractivity contribution in [1.82, 2.24) is 9.38 Å². The Hall–Kier alpha value is -3.48. The van der Waals surface area contributed by atoms with Crippen molar-refractivity contribution >= 4 is 23.0 Å². The van der Waals surface area contributed by atoms with Crippen LogP contribution in [0.15, 0.2) is 53.5 Å². The number of fused-ring (bicyclic) bond motifs is 1. The molecule has 3 aromatic rings. The third-order valence-corrected chi connectivity index (χ3v) is 4.66. The number of aryl methyl sites for hydroxylation is 1. The van der Waals surface area contributed by atoms with Crippen LogP contribution < -0.4 is 10.9 Å². The number of hydrogen-bond donors (Lipinski definition) is 2. The van der Waals surface area contributed by atoms with Gasteiger partial charge in [0.25, 0.3) is 5.56 Å². The summed E-state index contributed by atoms with van der Waals surface area (Å²) in [6, 6.07) is 12.8.